The van der Waals surface area contributed by atoms with Crippen LogP contribution < -0.4 is 15.4 Å². The van der Waals surface area contributed by atoms with Crippen molar-refractivity contribution in [3.63, 3.8) is 0 Å². The number of pyridine rings is 2. The normalized spacial score (nSPS) is 19.5. The summed E-state index contributed by atoms with van der Waals surface area (Å²) < 4.78 is 49.8. The maximum Gasteiger partial charge on any atom is 0.168 e. The first-order valence-electron chi connectivity index (χ1n) is 9.04. The monoisotopic (exact) mass is 391 g/mol. The van der Waals surface area contributed by atoms with E-state index in [9.17, 15) is 13.2 Å². The molecule has 2 N–H and O–H groups in total. The highest BCUT2D eigenvalue weighted by molar-refractivity contribution is 5.63. The van der Waals surface area contributed by atoms with Crippen LogP contribution in [-0.2, 0) is 0 Å². The maximum atomic E-state index is 14.5. The summed E-state index contributed by atoms with van der Waals surface area (Å²) in [5.41, 5.74) is 0.820. The van der Waals surface area contributed by atoms with E-state index in [0.29, 0.717) is 23.6 Å². The third kappa shape index (κ3) is 3.49. The first-order chi connectivity index (χ1) is 13.4. The molecule has 2 unspecified atom stereocenters. The van der Waals surface area contributed by atoms with Crippen LogP contribution in [0.3, 0.4) is 0 Å². The Bertz CT molecular complexity index is 1010. The molecular formula is C19H20F3N5O. The van der Waals surface area contributed by atoms with Gasteiger partial charge in [-0.05, 0) is 19.9 Å². The summed E-state index contributed by atoms with van der Waals surface area (Å²) in [6.07, 6.45) is 1.97. The molecule has 0 amide bonds. The summed E-state index contributed by atoms with van der Waals surface area (Å²) in [7, 11) is 0. The zero-order valence-electron chi connectivity index (χ0n) is 15.4. The van der Waals surface area contributed by atoms with Gasteiger partial charge in [-0.15, -0.1) is 0 Å². The lowest BCUT2D eigenvalue weighted by molar-refractivity contribution is 0.242. The van der Waals surface area contributed by atoms with E-state index in [0.717, 1.165) is 6.07 Å². The largest absolute Gasteiger partial charge is 0.491 e. The van der Waals surface area contributed by atoms with Crippen molar-refractivity contribution in [1.29, 1.82) is 0 Å². The quantitative estimate of drug-likeness (QED) is 0.700. The Balaban J connectivity index is 1.71. The van der Waals surface area contributed by atoms with Crippen molar-refractivity contribution in [2.75, 3.05) is 18.4 Å². The highest BCUT2D eigenvalue weighted by atomic mass is 19.1. The predicted octanol–water partition coefficient (Wildman–Crippen LogP) is 3.18. The Morgan fingerprint density at radius 2 is 2.07 bits per heavy atom. The van der Waals surface area contributed by atoms with Crippen LogP contribution in [0, 0.1) is 11.6 Å². The molecule has 4 heterocycles. The number of alkyl halides is 1. The zero-order chi connectivity index (χ0) is 19.8. The second-order valence-corrected chi connectivity index (χ2v) is 6.97. The van der Waals surface area contributed by atoms with E-state index >= 15 is 0 Å². The molecule has 1 aliphatic heterocycles. The number of hydrogen-bond donors (Lipinski definition) is 2. The van der Waals surface area contributed by atoms with Crippen molar-refractivity contribution in [2.24, 2.45) is 0 Å². The molecule has 3 aromatic rings. The van der Waals surface area contributed by atoms with Gasteiger partial charge in [-0.3, -0.25) is 4.40 Å². The Hall–Kier alpha value is -2.81. The standard InChI is InChI=1S/C19H20F3N5O/c1-10(2)28-11-3-4-27-16(9-24-17(27)5-11)18-12(20)6-13(21)19(26-18)25-15-8-23-7-14(15)22/h3-6,9-10,14-15,23H,7-8H2,1-2H3,(H,25,26). The molecule has 28 heavy (non-hydrogen) atoms. The topological polar surface area (TPSA) is 63.5 Å². The van der Waals surface area contributed by atoms with E-state index in [1.807, 2.05) is 13.8 Å². The van der Waals surface area contributed by atoms with Crippen LogP contribution in [0.1, 0.15) is 13.8 Å². The summed E-state index contributed by atoms with van der Waals surface area (Å²) >= 11 is 0. The number of fused-ring (bicyclic) bond motifs is 1. The lowest BCUT2D eigenvalue weighted by Crippen LogP contribution is -2.30. The summed E-state index contributed by atoms with van der Waals surface area (Å²) in [5.74, 6) is -1.25. The second kappa shape index (κ2) is 7.31. The fraction of sp³-hybridized carbons (Fsp3) is 0.368. The molecule has 2 atom stereocenters. The Morgan fingerprint density at radius 1 is 1.25 bits per heavy atom. The Labute approximate surface area is 159 Å². The van der Waals surface area contributed by atoms with Gasteiger partial charge in [-0.1, -0.05) is 0 Å². The molecular weight excluding hydrogens is 371 g/mol. The van der Waals surface area contributed by atoms with Crippen LogP contribution >= 0.6 is 0 Å². The molecule has 1 saturated heterocycles. The molecule has 9 heteroatoms. The van der Waals surface area contributed by atoms with E-state index in [2.05, 4.69) is 20.6 Å². The van der Waals surface area contributed by atoms with Gasteiger partial charge in [0.2, 0.25) is 0 Å². The molecule has 1 fully saturated rings. The average Bonchev–Trinajstić information content (AvgIpc) is 3.23. The van der Waals surface area contributed by atoms with Crippen LogP contribution in [-0.4, -0.2) is 45.8 Å². The van der Waals surface area contributed by atoms with Gasteiger partial charge < -0.3 is 15.4 Å². The number of aromatic nitrogens is 3. The van der Waals surface area contributed by atoms with Gasteiger partial charge in [0.25, 0.3) is 0 Å². The van der Waals surface area contributed by atoms with Crippen LogP contribution in [0.2, 0.25) is 0 Å². The van der Waals surface area contributed by atoms with Crippen molar-refractivity contribution in [3.8, 4) is 17.1 Å². The molecule has 0 aliphatic carbocycles. The molecule has 148 valence electrons. The van der Waals surface area contributed by atoms with Crippen molar-refractivity contribution >= 4 is 11.5 Å². The van der Waals surface area contributed by atoms with E-state index in [4.69, 9.17) is 4.74 Å². The summed E-state index contributed by atoms with van der Waals surface area (Å²) in [6.45, 7) is 4.34. The van der Waals surface area contributed by atoms with Gasteiger partial charge in [0.05, 0.1) is 24.0 Å². The average molecular weight is 391 g/mol. The molecule has 0 aromatic carbocycles. The van der Waals surface area contributed by atoms with E-state index in [-0.39, 0.29) is 24.2 Å². The highest BCUT2D eigenvalue weighted by Gasteiger charge is 2.28. The van der Waals surface area contributed by atoms with Gasteiger partial charge >= 0.3 is 0 Å². The van der Waals surface area contributed by atoms with Crippen LogP contribution in [0.25, 0.3) is 17.0 Å². The van der Waals surface area contributed by atoms with Crippen molar-refractivity contribution < 1.29 is 17.9 Å². The molecule has 1 aliphatic rings. The van der Waals surface area contributed by atoms with E-state index in [1.54, 1.807) is 22.7 Å². The number of anilines is 1. The third-order valence-corrected chi connectivity index (χ3v) is 4.49. The van der Waals surface area contributed by atoms with Gasteiger partial charge in [0.15, 0.2) is 17.5 Å². The predicted molar refractivity (Wildman–Crippen MR) is 99.3 cm³/mol. The van der Waals surface area contributed by atoms with E-state index < -0.39 is 23.8 Å². The molecule has 0 radical (unpaired) electrons. The van der Waals surface area contributed by atoms with Crippen LogP contribution in [0.5, 0.6) is 5.75 Å². The fourth-order valence-corrected chi connectivity index (χ4v) is 3.19. The number of nitrogens with one attached hydrogen (secondary N) is 2. The van der Waals surface area contributed by atoms with Gasteiger partial charge in [-0.2, -0.15) is 0 Å². The molecule has 0 spiro atoms. The number of halogens is 3. The minimum atomic E-state index is -1.18. The molecule has 0 bridgehead atoms. The lowest BCUT2D eigenvalue weighted by atomic mass is 10.2. The van der Waals surface area contributed by atoms with E-state index in [1.165, 1.54) is 6.20 Å². The number of nitrogens with zero attached hydrogens (tertiary/aromatic N) is 3. The van der Waals surface area contributed by atoms with Crippen molar-refractivity contribution in [2.45, 2.75) is 32.2 Å². The summed E-state index contributed by atoms with van der Waals surface area (Å²) in [5, 5.41) is 5.60. The first-order valence-corrected chi connectivity index (χ1v) is 9.04. The molecule has 6 nitrogen and oxygen atoms in total. The minimum absolute atomic E-state index is 0.00568. The van der Waals surface area contributed by atoms with Gasteiger partial charge in [0, 0.05) is 31.4 Å². The number of hydrogen-bond acceptors (Lipinski definition) is 5. The van der Waals surface area contributed by atoms with Gasteiger partial charge in [-0.25, -0.2) is 23.1 Å². The molecule has 0 saturated carbocycles. The Kier molecular flexibility index (Phi) is 4.84. The minimum Gasteiger partial charge on any atom is -0.491 e. The second-order valence-electron chi connectivity index (χ2n) is 6.97. The maximum absolute atomic E-state index is 14.5. The summed E-state index contributed by atoms with van der Waals surface area (Å²) in [6, 6.07) is 3.58. The smallest absolute Gasteiger partial charge is 0.168 e. The number of rotatable bonds is 5. The number of imidazole rings is 1. The number of ether oxygens (including phenoxy) is 1. The third-order valence-electron chi connectivity index (χ3n) is 4.49. The SMILES string of the molecule is CC(C)Oc1ccn2c(-c3nc(NC4CNCC4F)c(F)cc3F)cnc2c1. The molecule has 3 aromatic heterocycles. The fourth-order valence-electron chi connectivity index (χ4n) is 3.19. The highest BCUT2D eigenvalue weighted by Crippen LogP contribution is 2.27. The first kappa shape index (κ1) is 18.5. The zero-order valence-corrected chi connectivity index (χ0v) is 15.4. The van der Waals surface area contributed by atoms with Gasteiger partial charge in [0.1, 0.15) is 23.3 Å². The van der Waals surface area contributed by atoms with Crippen molar-refractivity contribution in [3.05, 3.63) is 42.2 Å². The lowest BCUT2D eigenvalue weighted by Gasteiger charge is -2.16. The van der Waals surface area contributed by atoms with Crippen LogP contribution in [0.15, 0.2) is 30.6 Å². The molecule has 4 rings (SSSR count). The Morgan fingerprint density at radius 3 is 2.79 bits per heavy atom. The van der Waals surface area contributed by atoms with Crippen molar-refractivity contribution in [1.82, 2.24) is 19.7 Å². The summed E-state index contributed by atoms with van der Waals surface area (Å²) in [4.78, 5) is 8.35. The van der Waals surface area contributed by atoms with Crippen LogP contribution in [0.4, 0.5) is 19.0 Å².